The third-order valence-corrected chi connectivity index (χ3v) is 6.43. The Hall–Kier alpha value is -2.51. The maximum Gasteiger partial charge on any atom is 0.227 e. The number of anilines is 1. The highest BCUT2D eigenvalue weighted by Crippen LogP contribution is 2.41. The van der Waals surface area contributed by atoms with Crippen LogP contribution >= 0.6 is 11.6 Å². The van der Waals surface area contributed by atoms with Crippen LogP contribution in [0.5, 0.6) is 0 Å². The number of hydrogen-bond acceptors (Lipinski definition) is 4. The Morgan fingerprint density at radius 2 is 1.68 bits per heavy atom. The maximum absolute atomic E-state index is 13.8. The van der Waals surface area contributed by atoms with Gasteiger partial charge < -0.3 is 5.32 Å². The van der Waals surface area contributed by atoms with E-state index in [1.807, 2.05) is 31.3 Å². The average Bonchev–Trinajstić information content (AvgIpc) is 2.78. The maximum atomic E-state index is 13.8. The van der Waals surface area contributed by atoms with Gasteiger partial charge >= 0.3 is 0 Å². The number of halogens is 2. The molecule has 0 aliphatic heterocycles. The van der Waals surface area contributed by atoms with Crippen LogP contribution in [0.2, 0.25) is 5.02 Å². The van der Waals surface area contributed by atoms with Gasteiger partial charge in [-0.1, -0.05) is 18.5 Å². The molecule has 2 aromatic carbocycles. The molecule has 5 nitrogen and oxygen atoms in total. The first-order valence-electron chi connectivity index (χ1n) is 11.3. The summed E-state index contributed by atoms with van der Waals surface area (Å²) in [5.74, 6) is 0.492. The summed E-state index contributed by atoms with van der Waals surface area (Å²) in [6.45, 7) is 2.01. The lowest BCUT2D eigenvalue weighted by Crippen LogP contribution is -2.29. The second-order valence-corrected chi connectivity index (χ2v) is 11.8. The van der Waals surface area contributed by atoms with Crippen LogP contribution in [0.1, 0.15) is 44.1 Å². The van der Waals surface area contributed by atoms with Gasteiger partial charge in [0.2, 0.25) is 5.91 Å². The van der Waals surface area contributed by atoms with Crippen molar-refractivity contribution in [3.05, 3.63) is 71.1 Å². The molecule has 182 valence electrons. The first-order chi connectivity index (χ1) is 16.0. The Bertz CT molecular complexity index is 1230. The number of amides is 1. The van der Waals surface area contributed by atoms with Gasteiger partial charge in [0.15, 0.2) is 0 Å². The van der Waals surface area contributed by atoms with Gasteiger partial charge in [-0.15, -0.1) is 0 Å². The monoisotopic (exact) mass is 504 g/mol. The Balaban J connectivity index is 0.000000588. The van der Waals surface area contributed by atoms with Crippen molar-refractivity contribution in [2.75, 3.05) is 17.8 Å². The Kier molecular flexibility index (Phi) is 8.66. The molecule has 1 amide bonds. The van der Waals surface area contributed by atoms with Crippen LogP contribution in [0.3, 0.4) is 0 Å². The Morgan fingerprint density at radius 3 is 2.29 bits per heavy atom. The lowest BCUT2D eigenvalue weighted by molar-refractivity contribution is -0.121. The second kappa shape index (κ2) is 11.3. The standard InChI is InChI=1S/C24H24ClFN2O.C2H6O2S/c1-15(24(29)28-20-9-6-18(25)7-10-20)16-2-4-17(5-3-16)21-12-13-27-23-11-8-19(26)14-22(21)23;1-5(2,3)4/h6-17H,2-5H2,1H3,(H,28,29);1-2H3/t15-,16?,17?;/m1./s1. The first-order valence-corrected chi connectivity index (χ1v) is 13.9. The number of nitrogens with one attached hydrogen (secondary N) is 1. The van der Waals surface area contributed by atoms with Crippen molar-refractivity contribution in [1.29, 1.82) is 0 Å². The molecule has 1 atom stereocenters. The summed E-state index contributed by atoms with van der Waals surface area (Å²) in [5, 5.41) is 4.55. The lowest BCUT2D eigenvalue weighted by atomic mass is 9.73. The minimum absolute atomic E-state index is 0.0483. The number of carbonyl (C=O) groups excluding carboxylic acids is 1. The van der Waals surface area contributed by atoms with E-state index in [2.05, 4.69) is 10.3 Å². The molecule has 3 aromatic rings. The molecule has 1 saturated carbocycles. The molecular formula is C26H30ClFN2O3S. The number of sulfone groups is 1. The predicted octanol–water partition coefficient (Wildman–Crippen LogP) is 6.24. The van der Waals surface area contributed by atoms with Gasteiger partial charge in [0, 0.05) is 40.7 Å². The minimum Gasteiger partial charge on any atom is -0.326 e. The average molecular weight is 505 g/mol. The molecule has 8 heteroatoms. The van der Waals surface area contributed by atoms with Crippen LogP contribution in [0.15, 0.2) is 54.7 Å². The zero-order valence-corrected chi connectivity index (χ0v) is 21.2. The highest BCUT2D eigenvalue weighted by Gasteiger charge is 2.30. The van der Waals surface area contributed by atoms with E-state index in [-0.39, 0.29) is 17.6 Å². The number of aromatic nitrogens is 1. The van der Waals surface area contributed by atoms with E-state index in [4.69, 9.17) is 11.6 Å². The van der Waals surface area contributed by atoms with E-state index in [0.717, 1.165) is 54.8 Å². The lowest BCUT2D eigenvalue weighted by Gasteiger charge is -2.32. The van der Waals surface area contributed by atoms with E-state index >= 15 is 0 Å². The van der Waals surface area contributed by atoms with Crippen molar-refractivity contribution in [3.63, 3.8) is 0 Å². The highest BCUT2D eigenvalue weighted by atomic mass is 35.5. The van der Waals surface area contributed by atoms with E-state index in [1.54, 1.807) is 24.3 Å². The fourth-order valence-electron chi connectivity index (χ4n) is 4.43. The molecule has 4 rings (SSSR count). The number of nitrogens with zero attached hydrogens (tertiary/aromatic N) is 1. The van der Waals surface area contributed by atoms with Crippen LogP contribution in [0.4, 0.5) is 10.1 Å². The third kappa shape index (κ3) is 7.50. The number of fused-ring (bicyclic) bond motifs is 1. The Labute approximate surface area is 205 Å². The zero-order chi connectivity index (χ0) is 24.9. The summed E-state index contributed by atoms with van der Waals surface area (Å²) in [6, 6.07) is 14.0. The third-order valence-electron chi connectivity index (χ3n) is 6.18. The quantitative estimate of drug-likeness (QED) is 0.456. The van der Waals surface area contributed by atoms with Gasteiger partial charge in [0.05, 0.1) is 5.52 Å². The summed E-state index contributed by atoms with van der Waals surface area (Å²) >= 11 is 5.90. The van der Waals surface area contributed by atoms with E-state index < -0.39 is 9.84 Å². The zero-order valence-electron chi connectivity index (χ0n) is 19.6. The molecule has 1 aromatic heterocycles. The fourth-order valence-corrected chi connectivity index (χ4v) is 4.56. The summed E-state index contributed by atoms with van der Waals surface area (Å²) < 4.78 is 33.0. The molecule has 0 unspecified atom stereocenters. The molecule has 0 bridgehead atoms. The van der Waals surface area contributed by atoms with Crippen LogP contribution < -0.4 is 5.32 Å². The topological polar surface area (TPSA) is 76.1 Å². The molecular weight excluding hydrogens is 475 g/mol. The molecule has 1 heterocycles. The van der Waals surface area contributed by atoms with Gasteiger partial charge in [-0.25, -0.2) is 12.8 Å². The van der Waals surface area contributed by atoms with Crippen molar-refractivity contribution in [1.82, 2.24) is 4.98 Å². The van der Waals surface area contributed by atoms with E-state index in [0.29, 0.717) is 16.9 Å². The highest BCUT2D eigenvalue weighted by molar-refractivity contribution is 7.89. The SMILES string of the molecule is CS(C)(=O)=O.C[C@@H](C(=O)Nc1ccc(Cl)cc1)C1CCC(c2ccnc3ccc(F)cc23)CC1. The minimum atomic E-state index is -2.67. The number of rotatable bonds is 4. The van der Waals surface area contributed by atoms with E-state index in [9.17, 15) is 17.6 Å². The van der Waals surface area contributed by atoms with Crippen molar-refractivity contribution in [2.45, 2.75) is 38.5 Å². The number of carbonyl (C=O) groups is 1. The number of hydrogen-bond donors (Lipinski definition) is 1. The summed E-state index contributed by atoms with van der Waals surface area (Å²) in [7, 11) is -2.67. The molecule has 0 spiro atoms. The van der Waals surface area contributed by atoms with Crippen LogP contribution in [-0.2, 0) is 14.6 Å². The predicted molar refractivity (Wildman–Crippen MR) is 136 cm³/mol. The number of pyridine rings is 1. The second-order valence-electron chi connectivity index (χ2n) is 9.10. The summed E-state index contributed by atoms with van der Waals surface area (Å²) in [4.78, 5) is 17.0. The molecule has 1 aliphatic rings. The van der Waals surface area contributed by atoms with Crippen molar-refractivity contribution < 1.29 is 17.6 Å². The van der Waals surface area contributed by atoms with Crippen LogP contribution in [0, 0.1) is 17.7 Å². The van der Waals surface area contributed by atoms with Gasteiger partial charge in [0.25, 0.3) is 0 Å². The van der Waals surface area contributed by atoms with Crippen LogP contribution in [0.25, 0.3) is 10.9 Å². The van der Waals surface area contributed by atoms with Crippen LogP contribution in [-0.4, -0.2) is 31.8 Å². The molecule has 34 heavy (non-hydrogen) atoms. The van der Waals surface area contributed by atoms with Crippen molar-refractivity contribution >= 4 is 43.9 Å². The largest absolute Gasteiger partial charge is 0.326 e. The van der Waals surface area contributed by atoms with Crippen molar-refractivity contribution in [2.24, 2.45) is 11.8 Å². The van der Waals surface area contributed by atoms with Crippen molar-refractivity contribution in [3.8, 4) is 0 Å². The summed E-state index contributed by atoms with van der Waals surface area (Å²) in [6.07, 6.45) is 8.10. The normalized spacial score (nSPS) is 19.1. The number of benzene rings is 2. The van der Waals surface area contributed by atoms with Gasteiger partial charge in [-0.05, 0) is 91.6 Å². The molecule has 0 radical (unpaired) electrons. The van der Waals surface area contributed by atoms with Gasteiger partial charge in [-0.3, -0.25) is 9.78 Å². The molecule has 1 fully saturated rings. The van der Waals surface area contributed by atoms with Gasteiger partial charge in [-0.2, -0.15) is 0 Å². The smallest absolute Gasteiger partial charge is 0.227 e. The fraction of sp³-hybridized carbons (Fsp3) is 0.385. The van der Waals surface area contributed by atoms with Gasteiger partial charge in [0.1, 0.15) is 15.7 Å². The first kappa shape index (κ1) is 26.1. The van der Waals surface area contributed by atoms with E-state index in [1.165, 1.54) is 11.6 Å². The molecule has 1 N–H and O–H groups in total. The molecule has 1 aliphatic carbocycles. The molecule has 0 saturated heterocycles. The summed E-state index contributed by atoms with van der Waals surface area (Å²) in [5.41, 5.74) is 2.78. The Morgan fingerprint density at radius 1 is 1.06 bits per heavy atom.